The molecule has 0 fully saturated rings. The monoisotopic (exact) mass is 288 g/mol. The van der Waals surface area contributed by atoms with Gasteiger partial charge in [-0.25, -0.2) is 0 Å². The van der Waals surface area contributed by atoms with E-state index in [1.807, 2.05) is 24.6 Å². The summed E-state index contributed by atoms with van der Waals surface area (Å²) in [4.78, 5) is 0. The van der Waals surface area contributed by atoms with Crippen molar-refractivity contribution in [3.05, 3.63) is 41.0 Å². The molecule has 0 saturated carbocycles. The minimum absolute atomic E-state index is 0.256. The largest absolute Gasteiger partial charge is 0.485 e. The third-order valence-electron chi connectivity index (χ3n) is 3.68. The molecule has 1 atom stereocenters. The first kappa shape index (κ1) is 15.5. The molecule has 0 aliphatic carbocycles. The molecular formula is C16H24N4O. The van der Waals surface area contributed by atoms with E-state index in [1.165, 1.54) is 11.1 Å². The van der Waals surface area contributed by atoms with Gasteiger partial charge in [-0.1, -0.05) is 24.6 Å². The molecular weight excluding hydrogens is 264 g/mol. The highest BCUT2D eigenvalue weighted by molar-refractivity contribution is 5.39. The Balaban J connectivity index is 2.17. The Morgan fingerprint density at radius 3 is 2.67 bits per heavy atom. The predicted molar refractivity (Wildman–Crippen MR) is 83.3 cm³/mol. The zero-order chi connectivity index (χ0) is 15.4. The second-order valence-electron chi connectivity index (χ2n) is 5.33. The molecule has 0 aliphatic rings. The van der Waals surface area contributed by atoms with Crippen molar-refractivity contribution >= 4 is 0 Å². The molecule has 0 saturated heterocycles. The fourth-order valence-corrected chi connectivity index (χ4v) is 2.27. The lowest BCUT2D eigenvalue weighted by atomic mass is 10.0. The van der Waals surface area contributed by atoms with Gasteiger partial charge in [-0.05, 0) is 33.4 Å². The van der Waals surface area contributed by atoms with Crippen LogP contribution in [0.25, 0.3) is 0 Å². The Kier molecular flexibility index (Phi) is 4.96. The van der Waals surface area contributed by atoms with Gasteiger partial charge in [0.1, 0.15) is 18.2 Å². The van der Waals surface area contributed by atoms with Crippen molar-refractivity contribution < 1.29 is 4.74 Å². The lowest BCUT2D eigenvalue weighted by Crippen LogP contribution is -2.19. The number of hydrogen-bond acceptors (Lipinski definition) is 4. The Bertz CT molecular complexity index is 606. The van der Waals surface area contributed by atoms with Gasteiger partial charge in [-0.3, -0.25) is 0 Å². The van der Waals surface area contributed by atoms with Crippen molar-refractivity contribution in [2.75, 3.05) is 6.54 Å². The third-order valence-corrected chi connectivity index (χ3v) is 3.68. The molecule has 21 heavy (non-hydrogen) atoms. The summed E-state index contributed by atoms with van der Waals surface area (Å²) in [6.07, 6.45) is 0. The third kappa shape index (κ3) is 3.61. The number of aromatic nitrogens is 3. The molecule has 1 heterocycles. The van der Waals surface area contributed by atoms with Gasteiger partial charge in [0, 0.05) is 18.7 Å². The maximum absolute atomic E-state index is 5.98. The molecule has 2 aromatic rings. The number of aryl methyl sites for hydroxylation is 2. The maximum Gasteiger partial charge on any atom is 0.170 e. The van der Waals surface area contributed by atoms with Gasteiger partial charge in [0.15, 0.2) is 5.82 Å². The summed E-state index contributed by atoms with van der Waals surface area (Å²) in [7, 11) is 1.95. The van der Waals surface area contributed by atoms with Gasteiger partial charge >= 0.3 is 0 Å². The van der Waals surface area contributed by atoms with Crippen molar-refractivity contribution in [1.82, 2.24) is 20.1 Å². The van der Waals surface area contributed by atoms with Gasteiger partial charge in [0.05, 0.1) is 0 Å². The molecule has 5 heteroatoms. The van der Waals surface area contributed by atoms with Crippen LogP contribution in [0, 0.1) is 13.8 Å². The summed E-state index contributed by atoms with van der Waals surface area (Å²) in [6.45, 7) is 9.63. The van der Waals surface area contributed by atoms with Crippen molar-refractivity contribution in [2.24, 2.45) is 7.05 Å². The Labute approximate surface area is 126 Å². The minimum Gasteiger partial charge on any atom is -0.485 e. The summed E-state index contributed by atoms with van der Waals surface area (Å²) in [5.74, 6) is 2.61. The van der Waals surface area contributed by atoms with Crippen LogP contribution in [0.2, 0.25) is 0 Å². The van der Waals surface area contributed by atoms with Crippen molar-refractivity contribution in [3.8, 4) is 5.75 Å². The number of benzene rings is 1. The van der Waals surface area contributed by atoms with Crippen LogP contribution in [-0.2, 0) is 13.7 Å². The molecule has 114 valence electrons. The summed E-state index contributed by atoms with van der Waals surface area (Å²) in [5, 5.41) is 11.6. The van der Waals surface area contributed by atoms with E-state index in [4.69, 9.17) is 4.74 Å². The first-order valence-corrected chi connectivity index (χ1v) is 7.34. The average molecular weight is 288 g/mol. The number of nitrogens with one attached hydrogen (secondary N) is 1. The summed E-state index contributed by atoms with van der Waals surface area (Å²) < 4.78 is 7.92. The molecule has 0 amide bonds. The van der Waals surface area contributed by atoms with Crippen LogP contribution in [0.4, 0.5) is 0 Å². The zero-order valence-corrected chi connectivity index (χ0v) is 13.5. The lowest BCUT2D eigenvalue weighted by molar-refractivity contribution is 0.285. The van der Waals surface area contributed by atoms with E-state index in [0.717, 1.165) is 23.9 Å². The van der Waals surface area contributed by atoms with Crippen LogP contribution in [0.1, 0.15) is 42.7 Å². The molecule has 0 spiro atoms. The average Bonchev–Trinajstić information content (AvgIpc) is 2.78. The summed E-state index contributed by atoms with van der Waals surface area (Å²) in [6, 6.07) is 6.53. The first-order chi connectivity index (χ1) is 10.0. The van der Waals surface area contributed by atoms with E-state index in [1.54, 1.807) is 0 Å². The van der Waals surface area contributed by atoms with Gasteiger partial charge in [-0.15, -0.1) is 10.2 Å². The Morgan fingerprint density at radius 1 is 1.29 bits per heavy atom. The van der Waals surface area contributed by atoms with E-state index < -0.39 is 0 Å². The fourth-order valence-electron chi connectivity index (χ4n) is 2.27. The van der Waals surface area contributed by atoms with Crippen LogP contribution in [-0.4, -0.2) is 21.3 Å². The molecule has 0 bridgehead atoms. The molecule has 1 N–H and O–H groups in total. The second-order valence-corrected chi connectivity index (χ2v) is 5.33. The van der Waals surface area contributed by atoms with Gasteiger partial charge in [-0.2, -0.15) is 0 Å². The lowest BCUT2D eigenvalue weighted by Gasteiger charge is -2.18. The van der Waals surface area contributed by atoms with Crippen LogP contribution in [0.15, 0.2) is 18.2 Å². The van der Waals surface area contributed by atoms with E-state index in [-0.39, 0.29) is 6.04 Å². The highest BCUT2D eigenvalue weighted by Gasteiger charge is 2.13. The van der Waals surface area contributed by atoms with E-state index in [0.29, 0.717) is 6.61 Å². The second kappa shape index (κ2) is 6.72. The predicted octanol–water partition coefficient (Wildman–Crippen LogP) is 2.68. The fraction of sp³-hybridized carbons (Fsp3) is 0.500. The molecule has 1 aromatic carbocycles. The molecule has 5 nitrogen and oxygen atoms in total. The zero-order valence-electron chi connectivity index (χ0n) is 13.5. The van der Waals surface area contributed by atoms with Crippen LogP contribution in [0.5, 0.6) is 5.75 Å². The quantitative estimate of drug-likeness (QED) is 0.888. The SMILES string of the molecule is CCNC(C)c1cc(C)ccc1OCc1nnc(C)n1C. The van der Waals surface area contributed by atoms with Gasteiger partial charge < -0.3 is 14.6 Å². The summed E-state index contributed by atoms with van der Waals surface area (Å²) >= 11 is 0. The number of nitrogens with zero attached hydrogens (tertiary/aromatic N) is 3. The normalized spacial score (nSPS) is 12.4. The number of ether oxygens (including phenoxy) is 1. The highest BCUT2D eigenvalue weighted by Crippen LogP contribution is 2.27. The highest BCUT2D eigenvalue weighted by atomic mass is 16.5. The van der Waals surface area contributed by atoms with E-state index >= 15 is 0 Å². The molecule has 0 radical (unpaired) electrons. The van der Waals surface area contributed by atoms with Gasteiger partial charge in [0.2, 0.25) is 0 Å². The molecule has 0 aliphatic heterocycles. The van der Waals surface area contributed by atoms with E-state index in [2.05, 4.69) is 48.4 Å². The Hall–Kier alpha value is -1.88. The standard InChI is InChI=1S/C16H24N4O/c1-6-17-12(3)14-9-11(2)7-8-15(14)21-10-16-19-18-13(4)20(16)5/h7-9,12,17H,6,10H2,1-5H3. The van der Waals surface area contributed by atoms with Crippen LogP contribution in [0.3, 0.4) is 0 Å². The topological polar surface area (TPSA) is 52.0 Å². The van der Waals surface area contributed by atoms with Crippen LogP contribution >= 0.6 is 0 Å². The van der Waals surface area contributed by atoms with Crippen molar-refractivity contribution in [3.63, 3.8) is 0 Å². The molecule has 1 aromatic heterocycles. The van der Waals surface area contributed by atoms with E-state index in [9.17, 15) is 0 Å². The molecule has 1 unspecified atom stereocenters. The van der Waals surface area contributed by atoms with Crippen molar-refractivity contribution in [1.29, 1.82) is 0 Å². The molecule has 2 rings (SSSR count). The number of rotatable bonds is 6. The smallest absolute Gasteiger partial charge is 0.170 e. The minimum atomic E-state index is 0.256. The Morgan fingerprint density at radius 2 is 2.05 bits per heavy atom. The first-order valence-electron chi connectivity index (χ1n) is 7.34. The van der Waals surface area contributed by atoms with Crippen LogP contribution < -0.4 is 10.1 Å². The summed E-state index contributed by atoms with van der Waals surface area (Å²) in [5.41, 5.74) is 2.41. The van der Waals surface area contributed by atoms with Crippen molar-refractivity contribution in [2.45, 2.75) is 40.3 Å². The maximum atomic E-state index is 5.98. The number of hydrogen-bond donors (Lipinski definition) is 1. The van der Waals surface area contributed by atoms with Gasteiger partial charge in [0.25, 0.3) is 0 Å².